The van der Waals surface area contributed by atoms with Gasteiger partial charge in [0.25, 0.3) is 0 Å². The summed E-state index contributed by atoms with van der Waals surface area (Å²) in [5, 5.41) is 0. The van der Waals surface area contributed by atoms with Crippen molar-refractivity contribution in [3.8, 4) is 0 Å². The van der Waals surface area contributed by atoms with E-state index in [0.717, 1.165) is 13.0 Å². The van der Waals surface area contributed by atoms with E-state index < -0.39 is 0 Å². The van der Waals surface area contributed by atoms with Crippen molar-refractivity contribution in [2.45, 2.75) is 25.7 Å². The molecule has 2 rings (SSSR count). The van der Waals surface area contributed by atoms with E-state index in [-0.39, 0.29) is 5.91 Å². The molecular formula is C13H17NO. The molecular weight excluding hydrogens is 186 g/mol. The van der Waals surface area contributed by atoms with E-state index in [1.807, 2.05) is 11.9 Å². The van der Waals surface area contributed by atoms with Crippen LogP contribution in [0.3, 0.4) is 0 Å². The second-order valence-electron chi connectivity index (χ2n) is 4.42. The van der Waals surface area contributed by atoms with Crippen molar-refractivity contribution in [2.75, 3.05) is 13.6 Å². The van der Waals surface area contributed by atoms with E-state index in [0.29, 0.717) is 12.3 Å². The third-order valence-electron chi connectivity index (χ3n) is 3.18. The molecule has 2 nitrogen and oxygen atoms in total. The van der Waals surface area contributed by atoms with Crippen LogP contribution in [0.1, 0.15) is 29.9 Å². The molecule has 1 aromatic rings. The lowest BCUT2D eigenvalue weighted by molar-refractivity contribution is -0.132. The number of amides is 1. The second kappa shape index (κ2) is 4.05. The van der Waals surface area contributed by atoms with Gasteiger partial charge in [-0.05, 0) is 18.9 Å². The van der Waals surface area contributed by atoms with Crippen LogP contribution in [0.2, 0.25) is 0 Å². The summed E-state index contributed by atoms with van der Waals surface area (Å²) in [4.78, 5) is 13.2. The number of likely N-dealkylation sites (N-methyl/N-ethyl adjacent to an activating group) is 1. The van der Waals surface area contributed by atoms with Gasteiger partial charge in [0.2, 0.25) is 5.91 Å². The summed E-state index contributed by atoms with van der Waals surface area (Å²) in [5.74, 6) is 0.798. The van der Waals surface area contributed by atoms with Crippen LogP contribution in [-0.2, 0) is 4.79 Å². The zero-order valence-electron chi connectivity index (χ0n) is 9.36. The number of nitrogens with zero attached hydrogens (tertiary/aromatic N) is 1. The number of carbonyl (C=O) groups excluding carboxylic acids is 1. The highest BCUT2D eigenvalue weighted by Gasteiger charge is 2.23. The predicted molar refractivity (Wildman–Crippen MR) is 60.8 cm³/mol. The average Bonchev–Trinajstić information content (AvgIpc) is 2.23. The third-order valence-corrected chi connectivity index (χ3v) is 3.18. The summed E-state index contributed by atoms with van der Waals surface area (Å²) in [6.45, 7) is 2.96. The van der Waals surface area contributed by atoms with Gasteiger partial charge in [0.05, 0.1) is 0 Å². The molecule has 1 atom stereocenters. The minimum atomic E-state index is 0.276. The van der Waals surface area contributed by atoms with Crippen molar-refractivity contribution in [3.05, 3.63) is 35.4 Å². The smallest absolute Gasteiger partial charge is 0.222 e. The van der Waals surface area contributed by atoms with Crippen molar-refractivity contribution < 1.29 is 4.79 Å². The van der Waals surface area contributed by atoms with Crippen molar-refractivity contribution in [2.24, 2.45) is 0 Å². The lowest BCUT2D eigenvalue weighted by Crippen LogP contribution is -2.35. The molecule has 0 aliphatic carbocycles. The summed E-state index contributed by atoms with van der Waals surface area (Å²) in [7, 11) is 1.89. The number of likely N-dealkylation sites (tertiary alicyclic amines) is 1. The van der Waals surface area contributed by atoms with Crippen LogP contribution in [0.15, 0.2) is 24.3 Å². The quantitative estimate of drug-likeness (QED) is 0.686. The zero-order valence-corrected chi connectivity index (χ0v) is 9.36. The Morgan fingerprint density at radius 2 is 1.93 bits per heavy atom. The van der Waals surface area contributed by atoms with Gasteiger partial charge < -0.3 is 4.90 Å². The van der Waals surface area contributed by atoms with Gasteiger partial charge in [-0.25, -0.2) is 0 Å². The number of piperidine rings is 1. The Balaban J connectivity index is 2.12. The van der Waals surface area contributed by atoms with Crippen LogP contribution < -0.4 is 0 Å². The molecule has 1 fully saturated rings. The van der Waals surface area contributed by atoms with Crippen molar-refractivity contribution in [1.82, 2.24) is 4.90 Å². The molecule has 1 saturated heterocycles. The number of benzene rings is 1. The highest BCUT2D eigenvalue weighted by molar-refractivity contribution is 5.76. The van der Waals surface area contributed by atoms with Crippen molar-refractivity contribution >= 4 is 5.91 Å². The number of rotatable bonds is 1. The monoisotopic (exact) mass is 203 g/mol. The van der Waals surface area contributed by atoms with E-state index in [1.165, 1.54) is 11.1 Å². The molecule has 1 amide bonds. The molecule has 1 unspecified atom stereocenters. The lowest BCUT2D eigenvalue weighted by atomic mass is 9.90. The van der Waals surface area contributed by atoms with Gasteiger partial charge in [-0.1, -0.05) is 29.8 Å². The highest BCUT2D eigenvalue weighted by Crippen LogP contribution is 2.26. The molecule has 0 spiro atoms. The molecule has 2 heteroatoms. The first kappa shape index (κ1) is 10.2. The Bertz CT molecular complexity index is 355. The number of aryl methyl sites for hydroxylation is 1. The van der Waals surface area contributed by atoms with Gasteiger partial charge in [0.1, 0.15) is 0 Å². The third kappa shape index (κ3) is 2.20. The van der Waals surface area contributed by atoms with Crippen LogP contribution in [0, 0.1) is 6.92 Å². The number of hydrogen-bond donors (Lipinski definition) is 0. The predicted octanol–water partition coefficient (Wildman–Crippen LogP) is 2.33. The van der Waals surface area contributed by atoms with E-state index in [9.17, 15) is 4.79 Å². The molecule has 15 heavy (non-hydrogen) atoms. The van der Waals surface area contributed by atoms with E-state index in [1.54, 1.807) is 0 Å². The molecule has 1 aliphatic heterocycles. The minimum absolute atomic E-state index is 0.276. The molecule has 1 heterocycles. The molecule has 0 aromatic heterocycles. The summed E-state index contributed by atoms with van der Waals surface area (Å²) in [6.07, 6.45) is 1.68. The standard InChI is InChI=1S/C13H17NO/c1-10-3-5-11(6-4-10)12-7-8-13(15)14(2)9-12/h3-6,12H,7-9H2,1-2H3. The highest BCUT2D eigenvalue weighted by atomic mass is 16.2. The average molecular weight is 203 g/mol. The van der Waals surface area contributed by atoms with Crippen molar-refractivity contribution in [1.29, 1.82) is 0 Å². The first-order valence-electron chi connectivity index (χ1n) is 5.47. The number of carbonyl (C=O) groups is 1. The van der Waals surface area contributed by atoms with Gasteiger partial charge >= 0.3 is 0 Å². The Labute approximate surface area is 90.9 Å². The first-order valence-corrected chi connectivity index (χ1v) is 5.47. The fourth-order valence-corrected chi connectivity index (χ4v) is 2.12. The van der Waals surface area contributed by atoms with Gasteiger partial charge in [0.15, 0.2) is 0 Å². The van der Waals surface area contributed by atoms with Crippen LogP contribution in [0.5, 0.6) is 0 Å². The summed E-state index contributed by atoms with van der Waals surface area (Å²) >= 11 is 0. The van der Waals surface area contributed by atoms with Crippen LogP contribution in [-0.4, -0.2) is 24.4 Å². The van der Waals surface area contributed by atoms with Crippen LogP contribution >= 0.6 is 0 Å². The molecule has 80 valence electrons. The molecule has 1 aliphatic rings. The summed E-state index contributed by atoms with van der Waals surface area (Å²) < 4.78 is 0. The van der Waals surface area contributed by atoms with Crippen LogP contribution in [0.25, 0.3) is 0 Å². The Morgan fingerprint density at radius 3 is 2.53 bits per heavy atom. The second-order valence-corrected chi connectivity index (χ2v) is 4.42. The van der Waals surface area contributed by atoms with E-state index >= 15 is 0 Å². The van der Waals surface area contributed by atoms with E-state index in [2.05, 4.69) is 31.2 Å². The van der Waals surface area contributed by atoms with Gasteiger partial charge in [-0.15, -0.1) is 0 Å². The molecule has 0 bridgehead atoms. The normalized spacial score (nSPS) is 21.9. The van der Waals surface area contributed by atoms with E-state index in [4.69, 9.17) is 0 Å². The Hall–Kier alpha value is -1.31. The minimum Gasteiger partial charge on any atom is -0.345 e. The van der Waals surface area contributed by atoms with Crippen LogP contribution in [0.4, 0.5) is 0 Å². The summed E-state index contributed by atoms with van der Waals surface area (Å²) in [5.41, 5.74) is 2.65. The molecule has 0 radical (unpaired) electrons. The molecule has 0 N–H and O–H groups in total. The fourth-order valence-electron chi connectivity index (χ4n) is 2.12. The maximum Gasteiger partial charge on any atom is 0.222 e. The SMILES string of the molecule is Cc1ccc(C2CCC(=O)N(C)C2)cc1. The largest absolute Gasteiger partial charge is 0.345 e. The topological polar surface area (TPSA) is 20.3 Å². The lowest BCUT2D eigenvalue weighted by Gasteiger charge is -2.29. The Morgan fingerprint density at radius 1 is 1.27 bits per heavy atom. The maximum absolute atomic E-state index is 11.4. The summed E-state index contributed by atoms with van der Waals surface area (Å²) in [6, 6.07) is 8.66. The van der Waals surface area contributed by atoms with Crippen molar-refractivity contribution in [3.63, 3.8) is 0 Å². The molecule has 1 aromatic carbocycles. The Kier molecular flexibility index (Phi) is 2.76. The van der Waals surface area contributed by atoms with Gasteiger partial charge in [0, 0.05) is 25.9 Å². The number of hydrogen-bond acceptors (Lipinski definition) is 1. The maximum atomic E-state index is 11.4. The first-order chi connectivity index (χ1) is 7.16. The zero-order chi connectivity index (χ0) is 10.8. The van der Waals surface area contributed by atoms with Gasteiger partial charge in [-0.3, -0.25) is 4.79 Å². The van der Waals surface area contributed by atoms with Gasteiger partial charge in [-0.2, -0.15) is 0 Å². The fraction of sp³-hybridized carbons (Fsp3) is 0.462. The molecule has 0 saturated carbocycles.